The lowest BCUT2D eigenvalue weighted by atomic mass is 9.85. The van der Waals surface area contributed by atoms with Gasteiger partial charge in [-0.05, 0) is 74.1 Å². The lowest BCUT2D eigenvalue weighted by Crippen LogP contribution is -2.25. The number of fused-ring (bicyclic) bond motifs is 7. The van der Waals surface area contributed by atoms with E-state index in [-0.39, 0.29) is 17.6 Å². The zero-order chi connectivity index (χ0) is 30.0. The van der Waals surface area contributed by atoms with Gasteiger partial charge in [-0.25, -0.2) is 0 Å². The summed E-state index contributed by atoms with van der Waals surface area (Å²) in [5, 5.41) is 5.76. The number of Topliss-reactive ketones (excluding diaryl/α,β-unsaturated/α-hetero) is 1. The van der Waals surface area contributed by atoms with Gasteiger partial charge in [-0.15, -0.1) is 0 Å². The van der Waals surface area contributed by atoms with E-state index in [0.29, 0.717) is 11.1 Å². The standard InChI is InChI=1S/C35H40N4O3/c1-9-12-22-18(6)25-13-23-16(4)20(10-2)27(36-23)14-24-17(5)21(11-3)28(37-24)15-26-19(7)29-33(39-26)30(32(22)38-25)31(34(29)40)35(41)42-8/h10,13-15,18,22,31,36-39H,2,9,11-12H2,1,3-8H3/t18-,22-,31?/m0/s1. The van der Waals surface area contributed by atoms with Crippen molar-refractivity contribution in [3.05, 3.63) is 84.8 Å². The van der Waals surface area contributed by atoms with E-state index < -0.39 is 11.9 Å². The SMILES string of the molecule is C=Cc1c2[nH]c(c1C)C=C1NC(=C3c4[nH]c(c(C)c4C(=O)C3C(=O)OC)C=c3[nH]c(c(C)c3CC)=C2)[C@@H](CCC)[C@@H]1C. The topological polar surface area (TPSA) is 103 Å². The highest BCUT2D eigenvalue weighted by Gasteiger charge is 2.48. The number of nitrogens with one attached hydrogen (secondary N) is 4. The highest BCUT2D eigenvalue weighted by atomic mass is 16.5. The lowest BCUT2D eigenvalue weighted by Gasteiger charge is -2.19. The number of ether oxygens (including phenoxy) is 1. The smallest absolute Gasteiger partial charge is 0.321 e. The maximum Gasteiger partial charge on any atom is 0.321 e. The van der Waals surface area contributed by atoms with E-state index in [1.165, 1.54) is 18.2 Å². The highest BCUT2D eigenvalue weighted by Crippen LogP contribution is 2.48. The van der Waals surface area contributed by atoms with E-state index in [0.717, 1.165) is 80.8 Å². The molecule has 2 aliphatic heterocycles. The molecule has 7 nitrogen and oxygen atoms in total. The molecule has 8 bridgehead atoms. The molecule has 3 atom stereocenters. The van der Waals surface area contributed by atoms with Gasteiger partial charge in [-0.3, -0.25) is 9.59 Å². The van der Waals surface area contributed by atoms with Crippen LogP contribution >= 0.6 is 0 Å². The van der Waals surface area contributed by atoms with Crippen molar-refractivity contribution in [2.24, 2.45) is 17.8 Å². The normalized spacial score (nSPS) is 20.7. The zero-order valence-corrected chi connectivity index (χ0v) is 25.6. The molecule has 0 amide bonds. The summed E-state index contributed by atoms with van der Waals surface area (Å²) in [6, 6.07) is 0. The summed E-state index contributed by atoms with van der Waals surface area (Å²) in [6.07, 6.45) is 11.1. The van der Waals surface area contributed by atoms with Gasteiger partial charge >= 0.3 is 5.97 Å². The molecule has 1 aliphatic carbocycles. The van der Waals surface area contributed by atoms with Crippen LogP contribution in [0, 0.1) is 38.5 Å². The quantitative estimate of drug-likeness (QED) is 0.254. The van der Waals surface area contributed by atoms with Crippen molar-refractivity contribution in [1.29, 1.82) is 0 Å². The minimum Gasteiger partial charge on any atom is -0.468 e. The van der Waals surface area contributed by atoms with E-state index in [9.17, 15) is 9.59 Å². The maximum atomic E-state index is 14.0. The van der Waals surface area contributed by atoms with Crippen LogP contribution in [-0.4, -0.2) is 33.8 Å². The number of H-pyrrole nitrogens is 3. The third kappa shape index (κ3) is 3.93. The van der Waals surface area contributed by atoms with Crippen LogP contribution in [0.15, 0.2) is 18.0 Å². The van der Waals surface area contributed by atoms with Gasteiger partial charge < -0.3 is 25.0 Å². The lowest BCUT2D eigenvalue weighted by molar-refractivity contribution is -0.141. The van der Waals surface area contributed by atoms with Crippen LogP contribution in [0.2, 0.25) is 0 Å². The van der Waals surface area contributed by atoms with E-state index >= 15 is 0 Å². The van der Waals surface area contributed by atoms with Crippen molar-refractivity contribution in [2.75, 3.05) is 7.11 Å². The number of aromatic amines is 3. The van der Waals surface area contributed by atoms with Crippen molar-refractivity contribution in [1.82, 2.24) is 20.3 Å². The molecule has 1 unspecified atom stereocenters. The third-order valence-corrected chi connectivity index (χ3v) is 9.68. The first kappa shape index (κ1) is 27.9. The van der Waals surface area contributed by atoms with Crippen LogP contribution in [0.1, 0.15) is 94.6 Å². The van der Waals surface area contributed by atoms with Gasteiger partial charge in [0.2, 0.25) is 0 Å². The van der Waals surface area contributed by atoms with Gasteiger partial charge in [-0.2, -0.15) is 0 Å². The van der Waals surface area contributed by atoms with Crippen LogP contribution in [0.4, 0.5) is 0 Å². The maximum absolute atomic E-state index is 14.0. The molecule has 0 spiro atoms. The Bertz CT molecular complexity index is 1860. The number of carbonyl (C=O) groups excluding carboxylic acids is 2. The van der Waals surface area contributed by atoms with Crippen LogP contribution in [0.3, 0.4) is 0 Å². The van der Waals surface area contributed by atoms with Gasteiger partial charge in [0.1, 0.15) is 5.92 Å². The summed E-state index contributed by atoms with van der Waals surface area (Å²) >= 11 is 0. The molecule has 5 heterocycles. The third-order valence-electron chi connectivity index (χ3n) is 9.68. The number of hydrogen-bond donors (Lipinski definition) is 4. The molecule has 0 radical (unpaired) electrons. The average Bonchev–Trinajstić information content (AvgIpc) is 3.70. The molecule has 4 N–H and O–H groups in total. The largest absolute Gasteiger partial charge is 0.468 e. The van der Waals surface area contributed by atoms with Crippen LogP contribution in [0.25, 0.3) is 29.9 Å². The van der Waals surface area contributed by atoms with Crippen molar-refractivity contribution >= 4 is 41.6 Å². The molecule has 1 fully saturated rings. The molecule has 42 heavy (non-hydrogen) atoms. The number of allylic oxidation sites excluding steroid dienone is 2. The van der Waals surface area contributed by atoms with E-state index in [1.54, 1.807) is 0 Å². The Labute approximate surface area is 246 Å². The molecular formula is C35H40N4O3. The number of carbonyl (C=O) groups is 2. The Morgan fingerprint density at radius 3 is 2.36 bits per heavy atom. The highest BCUT2D eigenvalue weighted by molar-refractivity contribution is 6.24. The minimum atomic E-state index is -0.998. The molecule has 0 saturated carbocycles. The molecule has 6 rings (SSSR count). The fourth-order valence-electron chi connectivity index (χ4n) is 7.31. The molecule has 1 saturated heterocycles. The van der Waals surface area contributed by atoms with Gasteiger partial charge in [-0.1, -0.05) is 39.8 Å². The van der Waals surface area contributed by atoms with Gasteiger partial charge in [0.05, 0.1) is 12.8 Å². The average molecular weight is 565 g/mol. The summed E-state index contributed by atoms with van der Waals surface area (Å²) in [7, 11) is 1.35. The molecule has 3 aliphatic rings. The summed E-state index contributed by atoms with van der Waals surface area (Å²) in [4.78, 5) is 38.1. The first-order valence-corrected chi connectivity index (χ1v) is 15.0. The first-order valence-electron chi connectivity index (χ1n) is 15.0. The Morgan fingerprint density at radius 2 is 1.69 bits per heavy atom. The number of rotatable bonds is 5. The van der Waals surface area contributed by atoms with Gasteiger partial charge in [0.15, 0.2) is 5.78 Å². The zero-order valence-electron chi connectivity index (χ0n) is 25.6. The van der Waals surface area contributed by atoms with Crippen molar-refractivity contribution in [3.8, 4) is 0 Å². The van der Waals surface area contributed by atoms with Crippen molar-refractivity contribution in [3.63, 3.8) is 0 Å². The summed E-state index contributed by atoms with van der Waals surface area (Å²) in [5.41, 5.74) is 12.3. The Kier molecular flexibility index (Phi) is 6.79. The van der Waals surface area contributed by atoms with E-state index in [1.807, 2.05) is 13.0 Å². The number of hydrogen-bond acceptors (Lipinski definition) is 4. The monoisotopic (exact) mass is 564 g/mol. The molecule has 218 valence electrons. The Morgan fingerprint density at radius 1 is 0.976 bits per heavy atom. The van der Waals surface area contributed by atoms with Crippen LogP contribution in [-0.2, 0) is 16.0 Å². The Balaban J connectivity index is 1.75. The molecule has 7 heteroatoms. The predicted molar refractivity (Wildman–Crippen MR) is 168 cm³/mol. The number of esters is 1. The molecule has 3 aromatic rings. The van der Waals surface area contributed by atoms with E-state index in [4.69, 9.17) is 4.74 Å². The first-order chi connectivity index (χ1) is 20.1. The van der Waals surface area contributed by atoms with Crippen molar-refractivity contribution < 1.29 is 14.3 Å². The molecule has 0 aromatic carbocycles. The minimum absolute atomic E-state index is 0.119. The summed E-state index contributed by atoms with van der Waals surface area (Å²) < 4.78 is 5.21. The second-order valence-corrected chi connectivity index (χ2v) is 11.9. The fraction of sp³-hybridized carbons (Fsp3) is 0.371. The second-order valence-electron chi connectivity index (χ2n) is 11.9. The van der Waals surface area contributed by atoms with Crippen LogP contribution in [0.5, 0.6) is 0 Å². The number of aromatic nitrogens is 3. The molecule has 3 aromatic heterocycles. The second kappa shape index (κ2) is 10.2. The number of methoxy groups -OCH3 is 1. The van der Waals surface area contributed by atoms with Crippen LogP contribution < -0.4 is 16.0 Å². The van der Waals surface area contributed by atoms with Crippen molar-refractivity contribution in [2.45, 2.75) is 60.8 Å². The van der Waals surface area contributed by atoms with Gasteiger partial charge in [0, 0.05) is 67.7 Å². The number of ketones is 1. The summed E-state index contributed by atoms with van der Waals surface area (Å²) in [5.74, 6) is -1.45. The Hall–Kier alpha value is -4.26. The predicted octanol–water partition coefficient (Wildman–Crippen LogP) is 5.17. The molecular weight excluding hydrogens is 524 g/mol. The van der Waals surface area contributed by atoms with E-state index in [2.05, 4.69) is 79.7 Å². The summed E-state index contributed by atoms with van der Waals surface area (Å²) in [6.45, 7) is 16.9. The fourth-order valence-corrected chi connectivity index (χ4v) is 7.31. The van der Waals surface area contributed by atoms with Gasteiger partial charge in [0.25, 0.3) is 0 Å².